The minimum atomic E-state index is -0.339. The van der Waals surface area contributed by atoms with Crippen LogP contribution < -0.4 is 5.73 Å². The van der Waals surface area contributed by atoms with Crippen molar-refractivity contribution in [2.75, 3.05) is 5.73 Å². The number of nitrogens with zero attached hydrogens (tertiary/aromatic N) is 3. The van der Waals surface area contributed by atoms with Crippen LogP contribution in [0.25, 0.3) is 22.4 Å². The van der Waals surface area contributed by atoms with E-state index in [0.717, 1.165) is 24.8 Å². The fourth-order valence-electron chi connectivity index (χ4n) is 3.59. The number of aromatic nitrogens is 3. The van der Waals surface area contributed by atoms with E-state index in [9.17, 15) is 9.50 Å². The van der Waals surface area contributed by atoms with Gasteiger partial charge in [-0.2, -0.15) is 0 Å². The Morgan fingerprint density at radius 2 is 2.08 bits per heavy atom. The molecular formula is C18H19FN4O. The number of benzene rings is 1. The molecule has 1 aliphatic carbocycles. The summed E-state index contributed by atoms with van der Waals surface area (Å²) in [5.41, 5.74) is 7.82. The van der Waals surface area contributed by atoms with Gasteiger partial charge in [-0.25, -0.2) is 14.4 Å². The standard InChI is InChI=1S/C18H19FN4O/c19-14-7-2-1-6-13(14)18-22-15-10-21-17(20)9-16(15)23(18)11-4-3-5-12(24)8-11/h1-2,6-7,9-12,24H,3-5,8H2,(H2,20,21)/t11-,12-/m1/s1. The van der Waals surface area contributed by atoms with Crippen molar-refractivity contribution >= 4 is 16.9 Å². The highest BCUT2D eigenvalue weighted by molar-refractivity contribution is 5.82. The Balaban J connectivity index is 1.95. The van der Waals surface area contributed by atoms with Crippen LogP contribution in [0.1, 0.15) is 31.7 Å². The Kier molecular flexibility index (Phi) is 3.69. The van der Waals surface area contributed by atoms with Gasteiger partial charge in [-0.1, -0.05) is 12.1 Å². The first kappa shape index (κ1) is 15.1. The van der Waals surface area contributed by atoms with Crippen LogP contribution in [0.4, 0.5) is 10.2 Å². The second kappa shape index (κ2) is 5.87. The number of nitrogens with two attached hydrogens (primary N) is 1. The molecule has 3 aromatic rings. The molecule has 0 spiro atoms. The molecule has 1 saturated carbocycles. The average Bonchev–Trinajstić information content (AvgIpc) is 2.93. The second-order valence-electron chi connectivity index (χ2n) is 6.36. The molecule has 1 aliphatic rings. The zero-order valence-electron chi connectivity index (χ0n) is 13.2. The van der Waals surface area contributed by atoms with Crippen molar-refractivity contribution in [3.8, 4) is 11.4 Å². The minimum absolute atomic E-state index is 0.0650. The Bertz CT molecular complexity index is 892. The Morgan fingerprint density at radius 1 is 1.25 bits per heavy atom. The number of anilines is 1. The lowest BCUT2D eigenvalue weighted by Crippen LogP contribution is -2.23. The first-order valence-electron chi connectivity index (χ1n) is 8.20. The van der Waals surface area contributed by atoms with Crippen LogP contribution in [-0.2, 0) is 0 Å². The normalized spacial score (nSPS) is 21.2. The largest absolute Gasteiger partial charge is 0.393 e. The highest BCUT2D eigenvalue weighted by atomic mass is 19.1. The summed E-state index contributed by atoms with van der Waals surface area (Å²) in [6.45, 7) is 0. The van der Waals surface area contributed by atoms with Crippen LogP contribution in [0, 0.1) is 5.82 Å². The fraction of sp³-hybridized carbons (Fsp3) is 0.333. The molecule has 1 aromatic carbocycles. The van der Waals surface area contributed by atoms with E-state index < -0.39 is 0 Å². The molecule has 2 atom stereocenters. The molecule has 0 amide bonds. The zero-order valence-corrected chi connectivity index (χ0v) is 13.2. The predicted molar refractivity (Wildman–Crippen MR) is 90.8 cm³/mol. The van der Waals surface area contributed by atoms with Crippen LogP contribution in [0.3, 0.4) is 0 Å². The molecule has 0 bridgehead atoms. The average molecular weight is 326 g/mol. The maximum absolute atomic E-state index is 14.4. The van der Waals surface area contributed by atoms with Crippen LogP contribution in [-0.4, -0.2) is 25.7 Å². The molecule has 2 aromatic heterocycles. The van der Waals surface area contributed by atoms with E-state index in [2.05, 4.69) is 9.97 Å². The highest BCUT2D eigenvalue weighted by Crippen LogP contribution is 2.36. The fourth-order valence-corrected chi connectivity index (χ4v) is 3.59. The first-order valence-corrected chi connectivity index (χ1v) is 8.20. The van der Waals surface area contributed by atoms with Crippen LogP contribution in [0.5, 0.6) is 0 Å². The zero-order chi connectivity index (χ0) is 16.7. The van der Waals surface area contributed by atoms with E-state index in [1.54, 1.807) is 30.5 Å². The predicted octanol–water partition coefficient (Wildman–Crippen LogP) is 3.30. The van der Waals surface area contributed by atoms with Crippen molar-refractivity contribution in [1.82, 2.24) is 14.5 Å². The van der Waals surface area contributed by atoms with Gasteiger partial charge in [0.2, 0.25) is 0 Å². The molecule has 4 rings (SSSR count). The third-order valence-corrected chi connectivity index (χ3v) is 4.70. The summed E-state index contributed by atoms with van der Waals surface area (Å²) in [6, 6.07) is 8.45. The van der Waals surface area contributed by atoms with Gasteiger partial charge in [-0.15, -0.1) is 0 Å². The smallest absolute Gasteiger partial charge is 0.144 e. The number of hydrogen-bond donors (Lipinski definition) is 2. The lowest BCUT2D eigenvalue weighted by molar-refractivity contribution is 0.105. The number of rotatable bonds is 2. The Morgan fingerprint density at radius 3 is 2.88 bits per heavy atom. The number of aliphatic hydroxyl groups excluding tert-OH is 1. The molecule has 0 aliphatic heterocycles. The quantitative estimate of drug-likeness (QED) is 0.757. The Hall–Kier alpha value is -2.47. The van der Waals surface area contributed by atoms with Crippen molar-refractivity contribution in [2.45, 2.75) is 37.8 Å². The van der Waals surface area contributed by atoms with E-state index in [0.29, 0.717) is 29.1 Å². The topological polar surface area (TPSA) is 77.0 Å². The van der Waals surface area contributed by atoms with Gasteiger partial charge in [-0.3, -0.25) is 0 Å². The van der Waals surface area contributed by atoms with Gasteiger partial charge in [0.15, 0.2) is 0 Å². The molecule has 3 N–H and O–H groups in total. The van der Waals surface area contributed by atoms with Gasteiger partial charge >= 0.3 is 0 Å². The molecule has 24 heavy (non-hydrogen) atoms. The molecule has 1 fully saturated rings. The third-order valence-electron chi connectivity index (χ3n) is 4.70. The monoisotopic (exact) mass is 326 g/mol. The van der Waals surface area contributed by atoms with E-state index in [1.165, 1.54) is 6.07 Å². The van der Waals surface area contributed by atoms with Gasteiger partial charge in [-0.05, 0) is 37.8 Å². The molecular weight excluding hydrogens is 307 g/mol. The lowest BCUT2D eigenvalue weighted by Gasteiger charge is -2.29. The van der Waals surface area contributed by atoms with Crippen LogP contribution in [0.15, 0.2) is 36.5 Å². The van der Waals surface area contributed by atoms with Crippen molar-refractivity contribution < 1.29 is 9.50 Å². The van der Waals surface area contributed by atoms with Crippen molar-refractivity contribution in [3.05, 3.63) is 42.3 Å². The summed E-state index contributed by atoms with van der Waals surface area (Å²) in [5.74, 6) is 0.654. The van der Waals surface area contributed by atoms with Crippen molar-refractivity contribution in [1.29, 1.82) is 0 Å². The molecule has 0 unspecified atom stereocenters. The maximum atomic E-state index is 14.4. The molecule has 0 saturated heterocycles. The van der Waals surface area contributed by atoms with Crippen molar-refractivity contribution in [2.24, 2.45) is 0 Å². The number of aliphatic hydroxyl groups is 1. The van der Waals surface area contributed by atoms with Crippen molar-refractivity contribution in [3.63, 3.8) is 0 Å². The van der Waals surface area contributed by atoms with E-state index in [-0.39, 0.29) is 18.0 Å². The third kappa shape index (κ3) is 2.53. The molecule has 0 radical (unpaired) electrons. The first-order chi connectivity index (χ1) is 11.6. The molecule has 2 heterocycles. The summed E-state index contributed by atoms with van der Waals surface area (Å²) in [5, 5.41) is 10.1. The SMILES string of the molecule is Nc1cc2c(cn1)nc(-c1ccccc1F)n2[C@@H]1CCC[C@@H](O)C1. The summed E-state index contributed by atoms with van der Waals surface area (Å²) in [4.78, 5) is 8.71. The number of nitrogen functional groups attached to an aromatic ring is 1. The molecule has 6 heteroatoms. The van der Waals surface area contributed by atoms with Crippen LogP contribution in [0.2, 0.25) is 0 Å². The summed E-state index contributed by atoms with van der Waals surface area (Å²) in [6.07, 6.45) is 4.57. The number of hydrogen-bond acceptors (Lipinski definition) is 4. The number of pyridine rings is 1. The maximum Gasteiger partial charge on any atom is 0.144 e. The highest BCUT2D eigenvalue weighted by Gasteiger charge is 2.27. The summed E-state index contributed by atoms with van der Waals surface area (Å²) >= 11 is 0. The van der Waals surface area contributed by atoms with Gasteiger partial charge in [0.1, 0.15) is 23.0 Å². The Labute approximate surface area is 139 Å². The number of halogens is 1. The van der Waals surface area contributed by atoms with Gasteiger partial charge in [0.05, 0.1) is 23.4 Å². The summed E-state index contributed by atoms with van der Waals surface area (Å²) in [7, 11) is 0. The van der Waals surface area contributed by atoms with E-state index in [4.69, 9.17) is 5.73 Å². The van der Waals surface area contributed by atoms with Gasteiger partial charge < -0.3 is 15.4 Å². The number of fused-ring (bicyclic) bond motifs is 1. The van der Waals surface area contributed by atoms with E-state index >= 15 is 0 Å². The lowest BCUT2D eigenvalue weighted by atomic mass is 9.92. The number of imidazole rings is 1. The molecule has 5 nitrogen and oxygen atoms in total. The molecule has 124 valence electrons. The van der Waals surface area contributed by atoms with Gasteiger partial charge in [0, 0.05) is 12.1 Å². The van der Waals surface area contributed by atoms with Crippen LogP contribution >= 0.6 is 0 Å². The van der Waals surface area contributed by atoms with E-state index in [1.807, 2.05) is 4.57 Å². The minimum Gasteiger partial charge on any atom is -0.393 e. The second-order valence-corrected chi connectivity index (χ2v) is 6.36. The summed E-state index contributed by atoms with van der Waals surface area (Å²) < 4.78 is 16.4. The van der Waals surface area contributed by atoms with Gasteiger partial charge in [0.25, 0.3) is 0 Å².